The maximum atomic E-state index is 13.4. The summed E-state index contributed by atoms with van der Waals surface area (Å²) in [4.78, 5) is 0. The monoisotopic (exact) mass is 468 g/mol. The van der Waals surface area contributed by atoms with Gasteiger partial charge in [0.1, 0.15) is 10.0 Å². The summed E-state index contributed by atoms with van der Waals surface area (Å²) in [6, 6.07) is 18.5. The third-order valence-corrected chi connectivity index (χ3v) is 9.76. The molecule has 4 nitrogen and oxygen atoms in total. The highest BCUT2D eigenvalue weighted by Gasteiger charge is 2.32. The van der Waals surface area contributed by atoms with E-state index in [2.05, 4.69) is 29.7 Å². The summed E-state index contributed by atoms with van der Waals surface area (Å²) in [5, 5.41) is 3.03. The Kier molecular flexibility index (Phi) is 5.65. The molecule has 32 heavy (non-hydrogen) atoms. The Morgan fingerprint density at radius 2 is 1.72 bits per heavy atom. The molecular formula is C25H25FN2O2S2. The molecule has 3 heterocycles. The third-order valence-electron chi connectivity index (χ3n) is 6.49. The van der Waals surface area contributed by atoms with Gasteiger partial charge in [0.25, 0.3) is 10.0 Å². The zero-order chi connectivity index (χ0) is 22.3. The molecule has 7 heteroatoms. The van der Waals surface area contributed by atoms with Crippen molar-refractivity contribution in [1.82, 2.24) is 8.87 Å². The molecule has 5 rings (SSSR count). The van der Waals surface area contributed by atoms with Gasteiger partial charge in [-0.2, -0.15) is 4.31 Å². The fourth-order valence-electron chi connectivity index (χ4n) is 4.87. The molecule has 0 atom stereocenters. The van der Waals surface area contributed by atoms with E-state index in [1.807, 2.05) is 18.2 Å². The van der Waals surface area contributed by atoms with Crippen molar-refractivity contribution in [2.24, 2.45) is 0 Å². The van der Waals surface area contributed by atoms with Gasteiger partial charge < -0.3 is 4.57 Å². The molecule has 2 aromatic heterocycles. The first kappa shape index (κ1) is 21.4. The van der Waals surface area contributed by atoms with Crippen molar-refractivity contribution in [2.75, 3.05) is 13.1 Å². The molecule has 166 valence electrons. The Morgan fingerprint density at radius 1 is 1.00 bits per heavy atom. The van der Waals surface area contributed by atoms with E-state index in [-0.39, 0.29) is 5.82 Å². The van der Waals surface area contributed by atoms with Crippen molar-refractivity contribution >= 4 is 32.3 Å². The van der Waals surface area contributed by atoms with Crippen LogP contribution in [-0.2, 0) is 16.6 Å². The lowest BCUT2D eigenvalue weighted by Crippen LogP contribution is -2.37. The number of nitrogens with zero attached hydrogens (tertiary/aromatic N) is 2. The summed E-state index contributed by atoms with van der Waals surface area (Å²) < 4.78 is 43.5. The molecule has 1 fully saturated rings. The van der Waals surface area contributed by atoms with Gasteiger partial charge in [-0.1, -0.05) is 36.4 Å². The van der Waals surface area contributed by atoms with E-state index < -0.39 is 10.0 Å². The highest BCUT2D eigenvalue weighted by Crippen LogP contribution is 2.39. The zero-order valence-corrected chi connectivity index (χ0v) is 19.5. The smallest absolute Gasteiger partial charge is 0.252 e. The first-order valence-electron chi connectivity index (χ1n) is 10.8. The number of halogens is 1. The SMILES string of the molecule is Cc1c(C2CCN(S(=O)(=O)c3cccs3)CC2)c2ccccc2n1Cc1ccc(F)cc1. The van der Waals surface area contributed by atoms with Gasteiger partial charge in [-0.3, -0.25) is 0 Å². The van der Waals surface area contributed by atoms with E-state index in [1.54, 1.807) is 21.8 Å². The number of rotatable bonds is 5. The molecule has 0 unspecified atom stereocenters. The number of piperidine rings is 1. The molecule has 0 bridgehead atoms. The second-order valence-corrected chi connectivity index (χ2v) is 11.5. The largest absolute Gasteiger partial charge is 0.340 e. The van der Waals surface area contributed by atoms with Gasteiger partial charge in [0.15, 0.2) is 0 Å². The Balaban J connectivity index is 1.44. The molecule has 1 saturated heterocycles. The van der Waals surface area contributed by atoms with Gasteiger partial charge in [0.2, 0.25) is 0 Å². The Bertz CT molecular complexity index is 1330. The van der Waals surface area contributed by atoms with Crippen LogP contribution in [0.5, 0.6) is 0 Å². The van der Waals surface area contributed by atoms with Crippen LogP contribution >= 0.6 is 11.3 Å². The van der Waals surface area contributed by atoms with Crippen LogP contribution in [0.2, 0.25) is 0 Å². The molecule has 4 aromatic rings. The van der Waals surface area contributed by atoms with Gasteiger partial charge in [0.05, 0.1) is 0 Å². The average molecular weight is 469 g/mol. The summed E-state index contributed by atoms with van der Waals surface area (Å²) in [5.41, 5.74) is 4.74. The van der Waals surface area contributed by atoms with Crippen molar-refractivity contribution in [2.45, 2.75) is 36.4 Å². The molecule has 2 aromatic carbocycles. The predicted molar refractivity (Wildman–Crippen MR) is 127 cm³/mol. The number of fused-ring (bicyclic) bond motifs is 1. The van der Waals surface area contributed by atoms with Crippen molar-refractivity contribution in [3.05, 3.63) is 88.7 Å². The van der Waals surface area contributed by atoms with Crippen LogP contribution in [0, 0.1) is 12.7 Å². The standard InChI is InChI=1S/C25H25FN2O2S2/c1-18-25(20-12-14-27(15-13-20)32(29,30)24-7-4-16-31-24)22-5-2-3-6-23(22)28(18)17-19-8-10-21(26)11-9-19/h2-11,16,20H,12-15,17H2,1H3. The van der Waals surface area contributed by atoms with Crippen LogP contribution in [0.4, 0.5) is 4.39 Å². The van der Waals surface area contributed by atoms with E-state index in [4.69, 9.17) is 0 Å². The molecule has 1 aliphatic heterocycles. The van der Waals surface area contributed by atoms with Crippen LogP contribution in [0.3, 0.4) is 0 Å². The summed E-state index contributed by atoms with van der Waals surface area (Å²) in [7, 11) is -3.40. The number of hydrogen-bond acceptors (Lipinski definition) is 3. The second-order valence-electron chi connectivity index (χ2n) is 8.34. The van der Waals surface area contributed by atoms with Crippen molar-refractivity contribution in [3.63, 3.8) is 0 Å². The fraction of sp³-hybridized carbons (Fsp3) is 0.280. The van der Waals surface area contributed by atoms with Crippen molar-refractivity contribution < 1.29 is 12.8 Å². The van der Waals surface area contributed by atoms with Crippen molar-refractivity contribution in [1.29, 1.82) is 0 Å². The minimum Gasteiger partial charge on any atom is -0.340 e. The van der Waals surface area contributed by atoms with Crippen LogP contribution in [-0.4, -0.2) is 30.4 Å². The normalized spacial score (nSPS) is 16.1. The minimum absolute atomic E-state index is 0.229. The number of thiophene rings is 1. The van der Waals surface area contributed by atoms with E-state index in [0.29, 0.717) is 29.8 Å². The fourth-order valence-corrected chi connectivity index (χ4v) is 7.49. The van der Waals surface area contributed by atoms with E-state index in [0.717, 1.165) is 23.9 Å². The second kappa shape index (κ2) is 8.46. The number of aromatic nitrogens is 1. The van der Waals surface area contributed by atoms with Gasteiger partial charge >= 0.3 is 0 Å². The highest BCUT2D eigenvalue weighted by molar-refractivity contribution is 7.91. The van der Waals surface area contributed by atoms with E-state index >= 15 is 0 Å². The average Bonchev–Trinajstić information content (AvgIpc) is 3.44. The Morgan fingerprint density at radius 3 is 2.41 bits per heavy atom. The summed E-state index contributed by atoms with van der Waals surface area (Å²) in [5.74, 6) is 0.0805. The lowest BCUT2D eigenvalue weighted by atomic mass is 9.88. The number of hydrogen-bond donors (Lipinski definition) is 0. The quantitative estimate of drug-likeness (QED) is 0.373. The van der Waals surface area contributed by atoms with Gasteiger partial charge in [-0.05, 0) is 66.5 Å². The molecule has 0 saturated carbocycles. The number of para-hydroxylation sites is 1. The zero-order valence-electron chi connectivity index (χ0n) is 17.9. The first-order valence-corrected chi connectivity index (χ1v) is 13.1. The first-order chi connectivity index (χ1) is 15.4. The molecule has 0 aliphatic carbocycles. The van der Waals surface area contributed by atoms with Crippen LogP contribution < -0.4 is 0 Å². The third kappa shape index (κ3) is 3.78. The molecule has 1 aliphatic rings. The van der Waals surface area contributed by atoms with Crippen LogP contribution in [0.1, 0.15) is 35.6 Å². The van der Waals surface area contributed by atoms with Crippen LogP contribution in [0.15, 0.2) is 70.3 Å². The number of sulfonamides is 1. The number of benzene rings is 2. The molecule has 0 radical (unpaired) electrons. The Hall–Kier alpha value is -2.48. The molecule has 0 N–H and O–H groups in total. The lowest BCUT2D eigenvalue weighted by Gasteiger charge is -2.31. The predicted octanol–water partition coefficient (Wildman–Crippen LogP) is 5.77. The molecule has 0 spiro atoms. The van der Waals surface area contributed by atoms with Gasteiger partial charge in [0, 0.05) is 36.2 Å². The van der Waals surface area contributed by atoms with Crippen LogP contribution in [0.25, 0.3) is 10.9 Å². The maximum absolute atomic E-state index is 13.4. The summed E-state index contributed by atoms with van der Waals surface area (Å²) in [6.07, 6.45) is 1.60. The summed E-state index contributed by atoms with van der Waals surface area (Å²) >= 11 is 1.27. The maximum Gasteiger partial charge on any atom is 0.252 e. The van der Waals surface area contributed by atoms with E-state index in [9.17, 15) is 12.8 Å². The lowest BCUT2D eigenvalue weighted by molar-refractivity contribution is 0.320. The molecular weight excluding hydrogens is 443 g/mol. The van der Waals surface area contributed by atoms with Crippen molar-refractivity contribution in [3.8, 4) is 0 Å². The Labute approximate surface area is 192 Å². The van der Waals surface area contributed by atoms with Gasteiger partial charge in [-0.25, -0.2) is 12.8 Å². The molecule has 0 amide bonds. The summed E-state index contributed by atoms with van der Waals surface area (Å²) in [6.45, 7) is 3.88. The highest BCUT2D eigenvalue weighted by atomic mass is 32.2. The van der Waals surface area contributed by atoms with Gasteiger partial charge in [-0.15, -0.1) is 11.3 Å². The minimum atomic E-state index is -3.40. The topological polar surface area (TPSA) is 42.3 Å². The van der Waals surface area contributed by atoms with E-state index in [1.165, 1.54) is 40.1 Å².